The van der Waals surface area contributed by atoms with E-state index in [1.807, 2.05) is 52.0 Å². The molecular weight excluding hydrogens is 805 g/mol. The SMILES string of the molecule is C=C/C=C(\C=C/c1ccc(-c2cccc(-c3ccccc3)c2)cc1)c1ccc(C)cc1.CC.CC.CC1=CCCC=C1.CCCC.Cc1cccc(-c2ccccc2)c1.Cc1ccccc1C. The summed E-state index contributed by atoms with van der Waals surface area (Å²) >= 11 is 0. The Morgan fingerprint density at radius 3 is 1.34 bits per heavy atom. The molecule has 0 unspecified atom stereocenters. The van der Waals surface area contributed by atoms with E-state index in [1.54, 1.807) is 0 Å². The third-order valence-corrected chi connectivity index (χ3v) is 10.6. The molecule has 7 aromatic rings. The van der Waals surface area contributed by atoms with Crippen molar-refractivity contribution in [3.63, 3.8) is 0 Å². The minimum absolute atomic E-state index is 1.15. The topological polar surface area (TPSA) is 0 Å². The maximum absolute atomic E-state index is 3.86. The van der Waals surface area contributed by atoms with Gasteiger partial charge in [-0.2, -0.15) is 0 Å². The summed E-state index contributed by atoms with van der Waals surface area (Å²) < 4.78 is 0. The molecule has 0 nitrogen and oxygen atoms in total. The highest BCUT2D eigenvalue weighted by Crippen LogP contribution is 2.27. The van der Waals surface area contributed by atoms with Gasteiger partial charge < -0.3 is 0 Å². The predicted molar refractivity (Wildman–Crippen MR) is 304 cm³/mol. The molecule has 0 heteroatoms. The van der Waals surface area contributed by atoms with Gasteiger partial charge in [-0.25, -0.2) is 0 Å². The summed E-state index contributed by atoms with van der Waals surface area (Å²) in [6.07, 6.45) is 19.9. The normalized spacial score (nSPS) is 11.0. The molecule has 7 aromatic carbocycles. The Morgan fingerprint density at radius 2 is 0.925 bits per heavy atom. The summed E-state index contributed by atoms with van der Waals surface area (Å²) in [6, 6.07) is 63.9. The fourth-order valence-electron chi connectivity index (χ4n) is 6.46. The van der Waals surface area contributed by atoms with E-state index in [0.29, 0.717) is 0 Å². The Hall–Kier alpha value is -6.76. The largest absolute Gasteiger partial charge is 0.0990 e. The molecule has 0 radical (unpaired) electrons. The van der Waals surface area contributed by atoms with E-state index in [0.717, 1.165) is 5.57 Å². The second-order valence-corrected chi connectivity index (χ2v) is 15.9. The first-order valence-corrected chi connectivity index (χ1v) is 24.5. The van der Waals surface area contributed by atoms with Gasteiger partial charge in [-0.3, -0.25) is 0 Å². The molecule has 0 N–H and O–H groups in total. The second-order valence-electron chi connectivity index (χ2n) is 15.9. The summed E-state index contributed by atoms with van der Waals surface area (Å²) in [5.41, 5.74) is 17.7. The van der Waals surface area contributed by atoms with Gasteiger partial charge in [0.05, 0.1) is 0 Å². The minimum atomic E-state index is 1.15. The first-order valence-electron chi connectivity index (χ1n) is 24.5. The van der Waals surface area contributed by atoms with Gasteiger partial charge in [0.2, 0.25) is 0 Å². The molecule has 0 saturated heterocycles. The summed E-state index contributed by atoms with van der Waals surface area (Å²) in [5, 5.41) is 0. The first kappa shape index (κ1) is 56.4. The Kier molecular flexibility index (Phi) is 29.1. The lowest BCUT2D eigenvalue weighted by molar-refractivity contribution is 0.886. The average molecular weight is 885 g/mol. The van der Waals surface area contributed by atoms with Gasteiger partial charge in [0.15, 0.2) is 0 Å². The molecule has 1 aliphatic carbocycles. The van der Waals surface area contributed by atoms with E-state index in [2.05, 4.69) is 255 Å². The fraction of sp³-hybridized carbons (Fsp3) is 0.224. The summed E-state index contributed by atoms with van der Waals surface area (Å²) in [5.74, 6) is 0. The lowest BCUT2D eigenvalue weighted by Crippen LogP contribution is -1.83. The van der Waals surface area contributed by atoms with Gasteiger partial charge in [0.1, 0.15) is 0 Å². The van der Waals surface area contributed by atoms with E-state index >= 15 is 0 Å². The Bertz CT molecular complexity index is 2470. The molecule has 8 rings (SSSR count). The average Bonchev–Trinajstić information content (AvgIpc) is 3.39. The molecule has 1 aliphatic rings. The predicted octanol–water partition coefficient (Wildman–Crippen LogP) is 20.7. The van der Waals surface area contributed by atoms with E-state index in [1.165, 1.54) is 98.0 Å². The number of allylic oxidation sites excluding steroid dienone is 8. The molecule has 348 valence electrons. The molecule has 0 heterocycles. The van der Waals surface area contributed by atoms with Gasteiger partial charge in [-0.1, -0.05) is 296 Å². The van der Waals surface area contributed by atoms with Gasteiger partial charge in [0, 0.05) is 0 Å². The standard InChI is InChI=1S/C31H26.C13H12.C8H10.C7H10.C4H10.2C2H6/c1-3-8-26(28-18-13-24(2)14-19-28)20-15-25-16-21-29(22-17-25)31-12-7-11-30(23-31)27-9-5-4-6-10-27;1-11-6-5-9-13(10-11)12-7-3-2-4-8-12;1-7-5-3-4-6-8(7)2;1-7-5-3-2-4-6-7;1-3-4-2;2*1-2/h3-23H,1H2,2H3;2-10H,1H3;3-6H,1-2H3;3,5-6H,2,4H2,1H3;3-4H2,1-2H3;2*1-2H3/b20-15-,26-8+;;;;;;. The van der Waals surface area contributed by atoms with Gasteiger partial charge in [0.25, 0.3) is 0 Å². The van der Waals surface area contributed by atoms with E-state index in [9.17, 15) is 0 Å². The Labute approximate surface area is 408 Å². The summed E-state index contributed by atoms with van der Waals surface area (Å²) in [6.45, 7) is 26.8. The van der Waals surface area contributed by atoms with E-state index in [-0.39, 0.29) is 0 Å². The van der Waals surface area contributed by atoms with Crippen LogP contribution in [0.4, 0.5) is 0 Å². The quantitative estimate of drug-likeness (QED) is 0.133. The molecule has 0 saturated carbocycles. The van der Waals surface area contributed by atoms with Crippen LogP contribution in [0.2, 0.25) is 0 Å². The number of aryl methyl sites for hydroxylation is 4. The monoisotopic (exact) mass is 885 g/mol. The van der Waals surface area contributed by atoms with Crippen LogP contribution in [0.15, 0.2) is 231 Å². The molecule has 0 amide bonds. The molecule has 0 fully saturated rings. The third-order valence-electron chi connectivity index (χ3n) is 10.6. The van der Waals surface area contributed by atoms with Crippen LogP contribution in [0.25, 0.3) is 45.0 Å². The van der Waals surface area contributed by atoms with E-state index < -0.39 is 0 Å². The lowest BCUT2D eigenvalue weighted by Gasteiger charge is -2.07. The van der Waals surface area contributed by atoms with Crippen LogP contribution in [0.1, 0.15) is 108 Å². The third kappa shape index (κ3) is 22.3. The Morgan fingerprint density at radius 1 is 0.463 bits per heavy atom. The van der Waals surface area contributed by atoms with Gasteiger partial charge >= 0.3 is 0 Å². The van der Waals surface area contributed by atoms with Crippen LogP contribution in [0.3, 0.4) is 0 Å². The number of rotatable bonds is 8. The number of hydrogen-bond donors (Lipinski definition) is 0. The molecule has 67 heavy (non-hydrogen) atoms. The molecule has 0 spiro atoms. The van der Waals surface area contributed by atoms with Crippen LogP contribution >= 0.6 is 0 Å². The molecular formula is C67H80. The van der Waals surface area contributed by atoms with Crippen molar-refractivity contribution in [3.05, 3.63) is 264 Å². The maximum Gasteiger partial charge on any atom is -0.0178 e. The number of hydrogen-bond acceptors (Lipinski definition) is 0. The smallest absolute Gasteiger partial charge is 0.0178 e. The van der Waals surface area contributed by atoms with Crippen molar-refractivity contribution >= 4 is 11.6 Å². The van der Waals surface area contributed by atoms with Crippen molar-refractivity contribution in [2.24, 2.45) is 0 Å². The van der Waals surface area contributed by atoms with Crippen molar-refractivity contribution in [2.75, 3.05) is 0 Å². The molecule has 0 aliphatic heterocycles. The summed E-state index contributed by atoms with van der Waals surface area (Å²) in [7, 11) is 0. The van der Waals surface area contributed by atoms with Gasteiger partial charge in [-0.15, -0.1) is 0 Å². The van der Waals surface area contributed by atoms with Crippen molar-refractivity contribution in [2.45, 2.75) is 102 Å². The second kappa shape index (κ2) is 34.6. The van der Waals surface area contributed by atoms with Crippen molar-refractivity contribution in [1.29, 1.82) is 0 Å². The van der Waals surface area contributed by atoms with Crippen molar-refractivity contribution < 1.29 is 0 Å². The Balaban J connectivity index is 0.000000348. The van der Waals surface area contributed by atoms with Gasteiger partial charge in [-0.05, 0) is 115 Å². The van der Waals surface area contributed by atoms with Crippen LogP contribution in [0.5, 0.6) is 0 Å². The number of benzene rings is 7. The fourth-order valence-corrected chi connectivity index (χ4v) is 6.46. The van der Waals surface area contributed by atoms with Crippen molar-refractivity contribution in [3.8, 4) is 33.4 Å². The van der Waals surface area contributed by atoms with E-state index in [4.69, 9.17) is 0 Å². The molecule has 0 aromatic heterocycles. The van der Waals surface area contributed by atoms with Crippen LogP contribution in [0, 0.1) is 27.7 Å². The minimum Gasteiger partial charge on any atom is -0.0990 e. The van der Waals surface area contributed by atoms with Crippen LogP contribution < -0.4 is 0 Å². The first-order chi connectivity index (χ1) is 32.7. The molecule has 0 bridgehead atoms. The number of unbranched alkanes of at least 4 members (excludes halogenated alkanes) is 1. The zero-order valence-electron chi connectivity index (χ0n) is 42.9. The highest BCUT2D eigenvalue weighted by atomic mass is 14.1. The highest BCUT2D eigenvalue weighted by molar-refractivity contribution is 5.80. The zero-order chi connectivity index (χ0) is 49.1. The van der Waals surface area contributed by atoms with Crippen LogP contribution in [-0.4, -0.2) is 0 Å². The maximum atomic E-state index is 3.86. The molecule has 0 atom stereocenters. The highest BCUT2D eigenvalue weighted by Gasteiger charge is 2.03. The zero-order valence-corrected chi connectivity index (χ0v) is 42.9. The lowest BCUT2D eigenvalue weighted by atomic mass is 9.98. The summed E-state index contributed by atoms with van der Waals surface area (Å²) in [4.78, 5) is 0. The van der Waals surface area contributed by atoms with Crippen molar-refractivity contribution in [1.82, 2.24) is 0 Å². The van der Waals surface area contributed by atoms with Crippen LogP contribution in [-0.2, 0) is 0 Å².